The van der Waals surface area contributed by atoms with Crippen molar-refractivity contribution < 1.29 is 0 Å². The fraction of sp³-hybridized carbons (Fsp3) is 0.300. The van der Waals surface area contributed by atoms with Gasteiger partial charge in [-0.3, -0.25) is 0 Å². The Balaban J connectivity index is 2.07. The molecule has 1 heterocycles. The number of unbranched alkanes of at least 4 members (excludes halogenated alkanes) is 2. The fourth-order valence-corrected chi connectivity index (χ4v) is 2.87. The summed E-state index contributed by atoms with van der Waals surface area (Å²) in [7, 11) is 0. The Hall–Kier alpha value is -2.62. The summed E-state index contributed by atoms with van der Waals surface area (Å²) in [5.74, 6) is 1.07. The third-order valence-electron chi connectivity index (χ3n) is 4.11. The Morgan fingerprint density at radius 2 is 1.79 bits per heavy atom. The first kappa shape index (κ1) is 16.2. The van der Waals surface area contributed by atoms with Crippen LogP contribution in [-0.4, -0.2) is 21.5 Å². The lowest BCUT2D eigenvalue weighted by Gasteiger charge is -2.26. The highest BCUT2D eigenvalue weighted by molar-refractivity contribution is 5.80. The zero-order valence-electron chi connectivity index (χ0n) is 14.4. The SMILES string of the molecule is CCCC/C=C(/N(CC)c1ccccc1)n1nnc2ccccc21. The second-order valence-electron chi connectivity index (χ2n) is 5.77. The van der Waals surface area contributed by atoms with Crippen LogP contribution in [0.25, 0.3) is 16.9 Å². The quantitative estimate of drug-likeness (QED) is 0.578. The third-order valence-corrected chi connectivity index (χ3v) is 4.11. The summed E-state index contributed by atoms with van der Waals surface area (Å²) >= 11 is 0. The number of rotatable bonds is 7. The van der Waals surface area contributed by atoms with Gasteiger partial charge in [0.05, 0.1) is 5.52 Å². The van der Waals surface area contributed by atoms with Gasteiger partial charge in [-0.05, 0) is 50.1 Å². The number of allylic oxidation sites excluding steroid dienone is 1. The van der Waals surface area contributed by atoms with E-state index >= 15 is 0 Å². The van der Waals surface area contributed by atoms with E-state index in [0.29, 0.717) is 0 Å². The molecule has 4 heteroatoms. The van der Waals surface area contributed by atoms with Crippen molar-refractivity contribution >= 4 is 22.5 Å². The van der Waals surface area contributed by atoms with Crippen LogP contribution in [0, 0.1) is 0 Å². The zero-order chi connectivity index (χ0) is 16.8. The maximum atomic E-state index is 4.43. The van der Waals surface area contributed by atoms with Gasteiger partial charge in [0.15, 0.2) is 0 Å². The van der Waals surface area contributed by atoms with Gasteiger partial charge in [-0.1, -0.05) is 48.9 Å². The molecule has 24 heavy (non-hydrogen) atoms. The second-order valence-corrected chi connectivity index (χ2v) is 5.77. The minimum atomic E-state index is 0.871. The highest BCUT2D eigenvalue weighted by Crippen LogP contribution is 2.25. The normalized spacial score (nSPS) is 11.8. The molecule has 3 rings (SSSR count). The standard InChI is InChI=1S/C20H24N4/c1-3-5-7-16-20(23(4-2)17-12-8-6-9-13-17)24-19-15-11-10-14-18(19)21-22-24/h6,8-16H,3-5,7H2,1-2H3/b20-16-. The van der Waals surface area contributed by atoms with Crippen molar-refractivity contribution in [1.29, 1.82) is 0 Å². The van der Waals surface area contributed by atoms with Crippen molar-refractivity contribution in [2.45, 2.75) is 33.1 Å². The average Bonchev–Trinajstić information content (AvgIpc) is 3.06. The minimum absolute atomic E-state index is 0.871. The molecule has 0 aliphatic heterocycles. The van der Waals surface area contributed by atoms with Crippen LogP contribution in [0.2, 0.25) is 0 Å². The Kier molecular flexibility index (Phi) is 5.26. The lowest BCUT2D eigenvalue weighted by Crippen LogP contribution is -2.25. The predicted octanol–water partition coefficient (Wildman–Crippen LogP) is 4.95. The van der Waals surface area contributed by atoms with Crippen LogP contribution in [0.15, 0.2) is 60.7 Å². The van der Waals surface area contributed by atoms with Crippen molar-refractivity contribution in [1.82, 2.24) is 15.0 Å². The molecular weight excluding hydrogens is 296 g/mol. The lowest BCUT2D eigenvalue weighted by atomic mass is 10.2. The van der Waals surface area contributed by atoms with Crippen LogP contribution in [0.3, 0.4) is 0 Å². The molecule has 0 radical (unpaired) electrons. The molecule has 0 saturated heterocycles. The molecule has 0 unspecified atom stereocenters. The molecule has 0 saturated carbocycles. The van der Waals surface area contributed by atoms with Crippen molar-refractivity contribution in [3.63, 3.8) is 0 Å². The molecule has 0 aliphatic rings. The molecule has 2 aromatic carbocycles. The topological polar surface area (TPSA) is 34.0 Å². The number of hydrogen-bond donors (Lipinski definition) is 0. The van der Waals surface area contributed by atoms with Crippen LogP contribution in [0.5, 0.6) is 0 Å². The highest BCUT2D eigenvalue weighted by Gasteiger charge is 2.15. The largest absolute Gasteiger partial charge is 0.327 e. The Morgan fingerprint density at radius 1 is 1.04 bits per heavy atom. The summed E-state index contributed by atoms with van der Waals surface area (Å²) < 4.78 is 1.96. The second kappa shape index (κ2) is 7.77. The molecule has 1 aromatic heterocycles. The van der Waals surface area contributed by atoms with E-state index in [4.69, 9.17) is 0 Å². The molecule has 0 atom stereocenters. The smallest absolute Gasteiger partial charge is 0.132 e. The number of anilines is 1. The third kappa shape index (κ3) is 3.32. The molecule has 0 bridgehead atoms. The summed E-state index contributed by atoms with van der Waals surface area (Å²) in [6.45, 7) is 5.25. The minimum Gasteiger partial charge on any atom is -0.327 e. The maximum absolute atomic E-state index is 4.43. The average molecular weight is 320 g/mol. The lowest BCUT2D eigenvalue weighted by molar-refractivity contribution is 0.777. The molecule has 0 N–H and O–H groups in total. The van der Waals surface area contributed by atoms with Crippen LogP contribution in [0.1, 0.15) is 33.1 Å². The number of fused-ring (bicyclic) bond motifs is 1. The van der Waals surface area contributed by atoms with Gasteiger partial charge in [-0.15, -0.1) is 5.10 Å². The van der Waals surface area contributed by atoms with Crippen LogP contribution >= 0.6 is 0 Å². The van der Waals surface area contributed by atoms with E-state index in [2.05, 4.69) is 65.5 Å². The summed E-state index contributed by atoms with van der Waals surface area (Å²) in [4.78, 5) is 2.29. The molecule has 4 nitrogen and oxygen atoms in total. The van der Waals surface area contributed by atoms with E-state index in [-0.39, 0.29) is 0 Å². The zero-order valence-corrected chi connectivity index (χ0v) is 14.4. The number of nitrogens with zero attached hydrogens (tertiary/aromatic N) is 4. The monoisotopic (exact) mass is 320 g/mol. The molecule has 0 fully saturated rings. The summed E-state index contributed by atoms with van der Waals surface area (Å²) in [5, 5.41) is 8.75. The first-order valence-electron chi connectivity index (χ1n) is 8.68. The van der Waals surface area contributed by atoms with Gasteiger partial charge in [0.2, 0.25) is 0 Å². The summed E-state index contributed by atoms with van der Waals surface area (Å²) in [5.41, 5.74) is 3.12. The van der Waals surface area contributed by atoms with Crippen LogP contribution in [-0.2, 0) is 0 Å². The predicted molar refractivity (Wildman–Crippen MR) is 101 cm³/mol. The molecular formula is C20H24N4. The van der Waals surface area contributed by atoms with Crippen molar-refractivity contribution in [3.05, 3.63) is 60.7 Å². The Bertz CT molecular complexity index is 805. The van der Waals surface area contributed by atoms with E-state index in [1.54, 1.807) is 0 Å². The molecule has 3 aromatic rings. The number of aromatic nitrogens is 3. The van der Waals surface area contributed by atoms with Gasteiger partial charge in [-0.25, -0.2) is 0 Å². The summed E-state index contributed by atoms with van der Waals surface area (Å²) in [6, 6.07) is 18.6. The van der Waals surface area contributed by atoms with Crippen LogP contribution in [0.4, 0.5) is 5.69 Å². The van der Waals surface area contributed by atoms with E-state index in [0.717, 1.165) is 29.8 Å². The van der Waals surface area contributed by atoms with Gasteiger partial charge in [0, 0.05) is 12.2 Å². The van der Waals surface area contributed by atoms with Crippen molar-refractivity contribution in [2.24, 2.45) is 0 Å². The van der Waals surface area contributed by atoms with E-state index in [1.807, 2.05) is 28.9 Å². The molecule has 0 amide bonds. The first-order chi connectivity index (χ1) is 11.8. The molecule has 0 aliphatic carbocycles. The maximum Gasteiger partial charge on any atom is 0.132 e. The Labute approximate surface area is 143 Å². The number of hydrogen-bond acceptors (Lipinski definition) is 3. The van der Waals surface area contributed by atoms with Gasteiger partial charge in [0.1, 0.15) is 11.3 Å². The number of benzene rings is 2. The summed E-state index contributed by atoms with van der Waals surface area (Å²) in [6.07, 6.45) is 5.66. The fourth-order valence-electron chi connectivity index (χ4n) is 2.87. The van der Waals surface area contributed by atoms with Gasteiger partial charge >= 0.3 is 0 Å². The van der Waals surface area contributed by atoms with Crippen molar-refractivity contribution in [3.8, 4) is 0 Å². The molecule has 124 valence electrons. The van der Waals surface area contributed by atoms with Crippen molar-refractivity contribution in [2.75, 3.05) is 11.4 Å². The highest BCUT2D eigenvalue weighted by atomic mass is 15.5. The van der Waals surface area contributed by atoms with Crippen LogP contribution < -0.4 is 4.90 Å². The van der Waals surface area contributed by atoms with Gasteiger partial charge in [0.25, 0.3) is 0 Å². The molecule has 0 spiro atoms. The van der Waals surface area contributed by atoms with E-state index < -0.39 is 0 Å². The first-order valence-corrected chi connectivity index (χ1v) is 8.68. The van der Waals surface area contributed by atoms with E-state index in [9.17, 15) is 0 Å². The van der Waals surface area contributed by atoms with Gasteiger partial charge in [-0.2, -0.15) is 4.68 Å². The van der Waals surface area contributed by atoms with E-state index in [1.165, 1.54) is 18.5 Å². The Morgan fingerprint density at radius 3 is 2.54 bits per heavy atom. The number of para-hydroxylation sites is 2. The van der Waals surface area contributed by atoms with Gasteiger partial charge < -0.3 is 4.90 Å².